The predicted molar refractivity (Wildman–Crippen MR) is 79.8 cm³/mol. The van der Waals surface area contributed by atoms with E-state index >= 15 is 0 Å². The molecule has 6 heteroatoms. The Morgan fingerprint density at radius 2 is 1.43 bits per heavy atom. The molecule has 2 amide bonds. The van der Waals surface area contributed by atoms with Crippen LogP contribution in [0.4, 0.5) is 0 Å². The van der Waals surface area contributed by atoms with Crippen LogP contribution in [0.5, 0.6) is 0 Å². The number of piperazine rings is 1. The summed E-state index contributed by atoms with van der Waals surface area (Å²) in [6, 6.07) is 0.439. The molecule has 3 aliphatic rings. The van der Waals surface area contributed by atoms with Gasteiger partial charge in [0.2, 0.25) is 11.8 Å². The van der Waals surface area contributed by atoms with E-state index in [4.69, 9.17) is 0 Å². The zero-order chi connectivity index (χ0) is 14.7. The Kier molecular flexibility index (Phi) is 4.75. The summed E-state index contributed by atoms with van der Waals surface area (Å²) in [5.41, 5.74) is 0. The molecule has 3 fully saturated rings. The van der Waals surface area contributed by atoms with Crippen LogP contribution in [0, 0.1) is 5.92 Å². The molecule has 21 heavy (non-hydrogen) atoms. The molecule has 0 unspecified atom stereocenters. The molecular weight excluding hydrogens is 268 g/mol. The summed E-state index contributed by atoms with van der Waals surface area (Å²) in [4.78, 5) is 27.9. The van der Waals surface area contributed by atoms with Crippen molar-refractivity contribution in [2.24, 2.45) is 5.92 Å². The molecule has 0 aromatic rings. The van der Waals surface area contributed by atoms with Gasteiger partial charge in [-0.3, -0.25) is 19.4 Å². The van der Waals surface area contributed by atoms with E-state index in [1.807, 2.05) is 0 Å². The second-order valence-electron chi connectivity index (χ2n) is 6.64. The summed E-state index contributed by atoms with van der Waals surface area (Å²) in [6.07, 6.45) is 4.80. The van der Waals surface area contributed by atoms with Gasteiger partial charge in [-0.25, -0.2) is 0 Å². The van der Waals surface area contributed by atoms with Crippen molar-refractivity contribution in [3.8, 4) is 0 Å². The fourth-order valence-corrected chi connectivity index (χ4v) is 2.65. The predicted octanol–water partition coefficient (Wildman–Crippen LogP) is -0.591. The lowest BCUT2D eigenvalue weighted by Crippen LogP contribution is -2.51. The van der Waals surface area contributed by atoms with E-state index in [1.165, 1.54) is 12.8 Å². The quantitative estimate of drug-likeness (QED) is 0.659. The van der Waals surface area contributed by atoms with Crippen molar-refractivity contribution in [3.05, 3.63) is 0 Å². The first-order valence-electron chi connectivity index (χ1n) is 8.20. The Hall–Kier alpha value is -1.14. The normalized spacial score (nSPS) is 23.8. The fourth-order valence-electron chi connectivity index (χ4n) is 2.65. The molecule has 0 aromatic carbocycles. The van der Waals surface area contributed by atoms with E-state index in [0.717, 1.165) is 51.5 Å². The molecule has 0 bridgehead atoms. The highest BCUT2D eigenvalue weighted by atomic mass is 16.2. The Bertz CT molecular complexity index is 385. The molecular formula is C15H26N4O2. The summed E-state index contributed by atoms with van der Waals surface area (Å²) in [6.45, 7) is 5.32. The van der Waals surface area contributed by atoms with Crippen molar-refractivity contribution in [1.29, 1.82) is 0 Å². The van der Waals surface area contributed by atoms with Crippen LogP contribution in [0.25, 0.3) is 0 Å². The van der Waals surface area contributed by atoms with Crippen LogP contribution in [0.15, 0.2) is 0 Å². The van der Waals surface area contributed by atoms with E-state index < -0.39 is 0 Å². The minimum absolute atomic E-state index is 0.141. The van der Waals surface area contributed by atoms with Gasteiger partial charge in [0.25, 0.3) is 0 Å². The number of hydrogen-bond donors (Lipinski definition) is 2. The molecule has 1 heterocycles. The van der Waals surface area contributed by atoms with E-state index in [-0.39, 0.29) is 11.8 Å². The van der Waals surface area contributed by atoms with E-state index in [2.05, 4.69) is 20.4 Å². The van der Waals surface area contributed by atoms with Gasteiger partial charge in [-0.1, -0.05) is 0 Å². The van der Waals surface area contributed by atoms with Crippen LogP contribution < -0.4 is 10.6 Å². The largest absolute Gasteiger partial charge is 0.355 e. The number of nitrogens with one attached hydrogen (secondary N) is 2. The standard InChI is InChI=1S/C15H26N4O2/c20-14(16-9-12-1-2-12)10-18-5-7-19(8-6-18)11-15(21)17-13-3-4-13/h12-13H,1-11H2,(H,16,20)(H,17,21). The molecule has 1 saturated heterocycles. The van der Waals surface area contributed by atoms with Crippen molar-refractivity contribution < 1.29 is 9.59 Å². The number of carbonyl (C=O) groups is 2. The highest BCUT2D eigenvalue weighted by molar-refractivity contribution is 5.79. The van der Waals surface area contributed by atoms with Crippen LogP contribution in [-0.4, -0.2) is 73.5 Å². The topological polar surface area (TPSA) is 64.7 Å². The van der Waals surface area contributed by atoms with Crippen molar-refractivity contribution >= 4 is 11.8 Å². The second kappa shape index (κ2) is 6.75. The lowest BCUT2D eigenvalue weighted by molar-refractivity contribution is -0.125. The van der Waals surface area contributed by atoms with Crippen LogP contribution in [0.2, 0.25) is 0 Å². The molecule has 3 rings (SSSR count). The maximum atomic E-state index is 11.8. The minimum Gasteiger partial charge on any atom is -0.355 e. The summed E-state index contributed by atoms with van der Waals surface area (Å²) < 4.78 is 0. The van der Waals surface area contributed by atoms with Gasteiger partial charge in [0, 0.05) is 38.8 Å². The van der Waals surface area contributed by atoms with Crippen LogP contribution in [0.1, 0.15) is 25.7 Å². The smallest absolute Gasteiger partial charge is 0.234 e. The highest BCUT2D eigenvalue weighted by Crippen LogP contribution is 2.27. The van der Waals surface area contributed by atoms with Gasteiger partial charge in [-0.15, -0.1) is 0 Å². The van der Waals surface area contributed by atoms with Gasteiger partial charge in [-0.05, 0) is 31.6 Å². The van der Waals surface area contributed by atoms with Crippen LogP contribution in [-0.2, 0) is 9.59 Å². The van der Waals surface area contributed by atoms with E-state index in [0.29, 0.717) is 19.1 Å². The van der Waals surface area contributed by atoms with Crippen molar-refractivity contribution in [2.45, 2.75) is 31.7 Å². The zero-order valence-corrected chi connectivity index (χ0v) is 12.6. The first-order valence-corrected chi connectivity index (χ1v) is 8.20. The summed E-state index contributed by atoms with van der Waals surface area (Å²) in [7, 11) is 0. The molecule has 0 radical (unpaired) electrons. The third kappa shape index (κ3) is 5.28. The average molecular weight is 294 g/mol. The number of nitrogens with zero attached hydrogens (tertiary/aromatic N) is 2. The number of rotatable bonds is 7. The first-order chi connectivity index (χ1) is 10.2. The molecule has 0 spiro atoms. The Morgan fingerprint density at radius 1 is 0.857 bits per heavy atom. The van der Waals surface area contributed by atoms with Crippen LogP contribution in [0.3, 0.4) is 0 Å². The Labute approximate surface area is 126 Å². The molecule has 2 aliphatic carbocycles. The SMILES string of the molecule is O=C(CN1CCN(CC(=O)NC2CC2)CC1)NCC1CC1. The Balaban J connectivity index is 1.28. The number of hydrogen-bond acceptors (Lipinski definition) is 4. The lowest BCUT2D eigenvalue weighted by atomic mass is 10.3. The monoisotopic (exact) mass is 294 g/mol. The second-order valence-corrected chi connectivity index (χ2v) is 6.64. The molecule has 1 aliphatic heterocycles. The molecule has 2 saturated carbocycles. The van der Waals surface area contributed by atoms with Gasteiger partial charge in [-0.2, -0.15) is 0 Å². The summed E-state index contributed by atoms with van der Waals surface area (Å²) >= 11 is 0. The van der Waals surface area contributed by atoms with Gasteiger partial charge >= 0.3 is 0 Å². The fraction of sp³-hybridized carbons (Fsp3) is 0.867. The average Bonchev–Trinajstić information content (AvgIpc) is 3.33. The molecule has 2 N–H and O–H groups in total. The summed E-state index contributed by atoms with van der Waals surface area (Å²) in [5.74, 6) is 1.02. The van der Waals surface area contributed by atoms with E-state index in [1.54, 1.807) is 0 Å². The minimum atomic E-state index is 0.141. The third-order valence-electron chi connectivity index (χ3n) is 4.43. The molecule has 0 aromatic heterocycles. The zero-order valence-electron chi connectivity index (χ0n) is 12.6. The van der Waals surface area contributed by atoms with Crippen molar-refractivity contribution in [2.75, 3.05) is 45.8 Å². The maximum absolute atomic E-state index is 11.8. The Morgan fingerprint density at radius 3 is 1.95 bits per heavy atom. The van der Waals surface area contributed by atoms with Gasteiger partial charge in [0.15, 0.2) is 0 Å². The maximum Gasteiger partial charge on any atom is 0.234 e. The van der Waals surface area contributed by atoms with E-state index in [9.17, 15) is 9.59 Å². The van der Waals surface area contributed by atoms with Gasteiger partial charge < -0.3 is 10.6 Å². The first kappa shape index (κ1) is 14.8. The third-order valence-corrected chi connectivity index (χ3v) is 4.43. The van der Waals surface area contributed by atoms with Gasteiger partial charge in [0.1, 0.15) is 0 Å². The lowest BCUT2D eigenvalue weighted by Gasteiger charge is -2.33. The number of carbonyl (C=O) groups excluding carboxylic acids is 2. The van der Waals surface area contributed by atoms with Crippen LogP contribution >= 0.6 is 0 Å². The molecule has 0 atom stereocenters. The van der Waals surface area contributed by atoms with Crippen molar-refractivity contribution in [1.82, 2.24) is 20.4 Å². The molecule has 118 valence electrons. The summed E-state index contributed by atoms with van der Waals surface area (Å²) in [5, 5.41) is 6.02. The van der Waals surface area contributed by atoms with Gasteiger partial charge in [0.05, 0.1) is 13.1 Å². The molecule has 6 nitrogen and oxygen atoms in total. The highest BCUT2D eigenvalue weighted by Gasteiger charge is 2.26. The van der Waals surface area contributed by atoms with Crippen molar-refractivity contribution in [3.63, 3.8) is 0 Å². The number of amides is 2.